The smallest absolute Gasteiger partial charge is 0.162 e. The van der Waals surface area contributed by atoms with Gasteiger partial charge < -0.3 is 9.57 Å². The van der Waals surface area contributed by atoms with Crippen molar-refractivity contribution in [1.82, 2.24) is 4.90 Å². The molecule has 3 aliphatic rings. The first kappa shape index (κ1) is 15.1. The molecule has 25 heavy (non-hydrogen) atoms. The average molecular weight is 334 g/mol. The second-order valence-corrected chi connectivity index (χ2v) is 7.07. The van der Waals surface area contributed by atoms with E-state index < -0.39 is 0 Å². The molecule has 0 spiro atoms. The molecule has 128 valence electrons. The summed E-state index contributed by atoms with van der Waals surface area (Å²) < 4.78 is 5.64. The molecule has 2 aromatic carbocycles. The summed E-state index contributed by atoms with van der Waals surface area (Å²) in [7, 11) is 0. The second kappa shape index (κ2) is 5.68. The van der Waals surface area contributed by atoms with E-state index in [0.717, 1.165) is 37.6 Å². The Kier molecular flexibility index (Phi) is 3.43. The third-order valence-electron chi connectivity index (χ3n) is 5.90. The standard InChI is InChI=1S/C21H22N2O2/c1-15-17-9-5-6-10-18(17)21(23-11-13-24-14-12-23)19(22-25-20(15)21)16-7-3-2-4-8-16/h2-10,15,20H,11-14H2,1H3/t15-,20+,21-/m0/s1. The lowest BCUT2D eigenvalue weighted by atomic mass is 9.79. The van der Waals surface area contributed by atoms with Gasteiger partial charge in [-0.25, -0.2) is 0 Å². The molecular formula is C21H22N2O2. The van der Waals surface area contributed by atoms with E-state index in [-0.39, 0.29) is 11.6 Å². The van der Waals surface area contributed by atoms with Crippen LogP contribution in [0.5, 0.6) is 0 Å². The van der Waals surface area contributed by atoms with Crippen molar-refractivity contribution in [2.24, 2.45) is 5.16 Å². The van der Waals surface area contributed by atoms with Crippen LogP contribution in [0.15, 0.2) is 59.8 Å². The Bertz CT molecular complexity index is 814. The summed E-state index contributed by atoms with van der Waals surface area (Å²) >= 11 is 0. The predicted octanol–water partition coefficient (Wildman–Crippen LogP) is 3.13. The van der Waals surface area contributed by atoms with Gasteiger partial charge in [0.2, 0.25) is 0 Å². The number of rotatable bonds is 2. The van der Waals surface area contributed by atoms with Gasteiger partial charge in [-0.1, -0.05) is 66.7 Å². The third kappa shape index (κ3) is 1.98. The van der Waals surface area contributed by atoms with E-state index in [4.69, 9.17) is 9.57 Å². The summed E-state index contributed by atoms with van der Waals surface area (Å²) in [6, 6.07) is 19.2. The van der Waals surface area contributed by atoms with E-state index in [2.05, 4.69) is 65.5 Å². The lowest BCUT2D eigenvalue weighted by molar-refractivity contribution is -0.0545. The van der Waals surface area contributed by atoms with Gasteiger partial charge in [0, 0.05) is 24.6 Å². The number of morpholine rings is 1. The van der Waals surface area contributed by atoms with Crippen molar-refractivity contribution in [2.75, 3.05) is 26.3 Å². The minimum Gasteiger partial charge on any atom is -0.389 e. The van der Waals surface area contributed by atoms with Gasteiger partial charge in [0.05, 0.1) is 13.2 Å². The molecule has 2 aromatic rings. The Balaban J connectivity index is 1.74. The molecule has 2 aliphatic heterocycles. The quantitative estimate of drug-likeness (QED) is 0.846. The van der Waals surface area contributed by atoms with Crippen LogP contribution < -0.4 is 0 Å². The first-order chi connectivity index (χ1) is 12.3. The summed E-state index contributed by atoms with van der Waals surface area (Å²) in [5, 5.41) is 4.62. The maximum atomic E-state index is 6.10. The van der Waals surface area contributed by atoms with Gasteiger partial charge in [-0.2, -0.15) is 0 Å². The molecule has 3 atom stereocenters. The molecule has 5 rings (SSSR count). The highest BCUT2D eigenvalue weighted by Crippen LogP contribution is 2.54. The minimum atomic E-state index is -0.318. The largest absolute Gasteiger partial charge is 0.389 e. The van der Waals surface area contributed by atoms with Crippen LogP contribution >= 0.6 is 0 Å². The molecule has 1 fully saturated rings. The number of fused-ring (bicyclic) bond motifs is 3. The van der Waals surface area contributed by atoms with Crippen LogP contribution in [0, 0.1) is 0 Å². The number of hydrogen-bond donors (Lipinski definition) is 0. The Morgan fingerprint density at radius 1 is 1.00 bits per heavy atom. The van der Waals surface area contributed by atoms with Gasteiger partial charge in [-0.3, -0.25) is 4.90 Å². The van der Waals surface area contributed by atoms with Crippen molar-refractivity contribution >= 4 is 5.71 Å². The molecule has 0 unspecified atom stereocenters. The minimum absolute atomic E-state index is 0.0122. The fraction of sp³-hybridized carbons (Fsp3) is 0.381. The zero-order chi connectivity index (χ0) is 16.9. The lowest BCUT2D eigenvalue weighted by Gasteiger charge is -2.43. The van der Waals surface area contributed by atoms with E-state index in [1.54, 1.807) is 0 Å². The average Bonchev–Trinajstić information content (AvgIpc) is 3.20. The molecule has 0 N–H and O–H groups in total. The molecule has 4 heteroatoms. The Labute approximate surface area is 148 Å². The highest BCUT2D eigenvalue weighted by atomic mass is 16.6. The van der Waals surface area contributed by atoms with Crippen LogP contribution in [-0.4, -0.2) is 43.0 Å². The maximum absolute atomic E-state index is 6.10. The maximum Gasteiger partial charge on any atom is 0.162 e. The van der Waals surface area contributed by atoms with E-state index in [0.29, 0.717) is 5.92 Å². The fourth-order valence-corrected chi connectivity index (χ4v) is 4.81. The fourth-order valence-electron chi connectivity index (χ4n) is 4.81. The van der Waals surface area contributed by atoms with Gasteiger partial charge in [-0.15, -0.1) is 0 Å². The summed E-state index contributed by atoms with van der Waals surface area (Å²) in [5.74, 6) is 0.309. The molecular weight excluding hydrogens is 312 g/mol. The van der Waals surface area contributed by atoms with Gasteiger partial charge in [-0.05, 0) is 11.1 Å². The monoisotopic (exact) mass is 334 g/mol. The summed E-state index contributed by atoms with van der Waals surface area (Å²) in [6.45, 7) is 5.56. The van der Waals surface area contributed by atoms with Gasteiger partial charge in [0.25, 0.3) is 0 Å². The number of oxime groups is 1. The van der Waals surface area contributed by atoms with Gasteiger partial charge in [0.1, 0.15) is 11.3 Å². The van der Waals surface area contributed by atoms with Crippen LogP contribution in [-0.2, 0) is 15.1 Å². The zero-order valence-electron chi connectivity index (χ0n) is 14.4. The van der Waals surface area contributed by atoms with Crippen LogP contribution in [0.3, 0.4) is 0 Å². The third-order valence-corrected chi connectivity index (χ3v) is 5.90. The van der Waals surface area contributed by atoms with E-state index >= 15 is 0 Å². The van der Waals surface area contributed by atoms with E-state index in [1.165, 1.54) is 11.1 Å². The first-order valence-corrected chi connectivity index (χ1v) is 9.05. The highest BCUT2D eigenvalue weighted by Gasteiger charge is 2.62. The molecule has 0 amide bonds. The molecule has 1 aliphatic carbocycles. The van der Waals surface area contributed by atoms with Crippen molar-refractivity contribution < 1.29 is 9.57 Å². The van der Waals surface area contributed by atoms with Crippen LogP contribution in [0.25, 0.3) is 0 Å². The number of hydrogen-bond acceptors (Lipinski definition) is 4. The van der Waals surface area contributed by atoms with Crippen molar-refractivity contribution in [3.63, 3.8) is 0 Å². The molecule has 2 heterocycles. The van der Waals surface area contributed by atoms with Crippen molar-refractivity contribution in [2.45, 2.75) is 24.5 Å². The summed E-state index contributed by atoms with van der Waals surface area (Å²) in [5.41, 5.74) is 4.58. The Morgan fingerprint density at radius 3 is 2.52 bits per heavy atom. The SMILES string of the molecule is C[C@H]1c2ccccc2[C@]2(N3CCOCC3)C(c3ccccc3)=NO[C@H]12. The van der Waals surface area contributed by atoms with Crippen LogP contribution in [0.1, 0.15) is 29.5 Å². The number of benzene rings is 2. The zero-order valence-corrected chi connectivity index (χ0v) is 14.4. The topological polar surface area (TPSA) is 34.1 Å². The lowest BCUT2D eigenvalue weighted by Crippen LogP contribution is -2.58. The normalized spacial score (nSPS) is 31.2. The Morgan fingerprint density at radius 2 is 1.72 bits per heavy atom. The first-order valence-electron chi connectivity index (χ1n) is 9.05. The highest BCUT2D eigenvalue weighted by molar-refractivity contribution is 6.09. The second-order valence-electron chi connectivity index (χ2n) is 7.07. The van der Waals surface area contributed by atoms with Crippen molar-refractivity contribution in [3.8, 4) is 0 Å². The van der Waals surface area contributed by atoms with Crippen LogP contribution in [0.2, 0.25) is 0 Å². The summed E-state index contributed by atoms with van der Waals surface area (Å²) in [6.07, 6.45) is 0.0122. The predicted molar refractivity (Wildman–Crippen MR) is 96.8 cm³/mol. The summed E-state index contributed by atoms with van der Waals surface area (Å²) in [4.78, 5) is 8.63. The van der Waals surface area contributed by atoms with Crippen molar-refractivity contribution in [1.29, 1.82) is 0 Å². The molecule has 4 nitrogen and oxygen atoms in total. The van der Waals surface area contributed by atoms with Gasteiger partial charge in [0.15, 0.2) is 6.10 Å². The molecule has 1 saturated heterocycles. The molecule has 0 radical (unpaired) electrons. The van der Waals surface area contributed by atoms with E-state index in [9.17, 15) is 0 Å². The molecule has 0 bridgehead atoms. The number of nitrogens with zero attached hydrogens (tertiary/aromatic N) is 2. The Hall–Kier alpha value is -2.17. The van der Waals surface area contributed by atoms with Crippen LogP contribution in [0.4, 0.5) is 0 Å². The molecule has 0 aromatic heterocycles. The molecule has 0 saturated carbocycles. The van der Waals surface area contributed by atoms with E-state index in [1.807, 2.05) is 6.07 Å². The van der Waals surface area contributed by atoms with Gasteiger partial charge >= 0.3 is 0 Å². The number of ether oxygens (including phenoxy) is 1. The van der Waals surface area contributed by atoms with Crippen molar-refractivity contribution in [3.05, 3.63) is 71.3 Å².